The summed E-state index contributed by atoms with van der Waals surface area (Å²) in [6, 6.07) is 3.53. The first-order valence-corrected chi connectivity index (χ1v) is 10.6. The van der Waals surface area contributed by atoms with Crippen LogP contribution in [-0.2, 0) is 0 Å². The van der Waals surface area contributed by atoms with Crippen molar-refractivity contribution in [2.24, 2.45) is 11.8 Å². The number of aromatic carboxylic acids is 1. The Morgan fingerprint density at radius 1 is 1.27 bits per heavy atom. The summed E-state index contributed by atoms with van der Waals surface area (Å²) in [5.74, 6) is -0.947. The Morgan fingerprint density at radius 3 is 2.70 bits per heavy atom. The van der Waals surface area contributed by atoms with Crippen LogP contribution in [0.1, 0.15) is 42.6 Å². The Bertz CT molecular complexity index is 1130. The molecule has 0 amide bonds. The maximum Gasteiger partial charge on any atom is 0.341 e. The van der Waals surface area contributed by atoms with Gasteiger partial charge in [0.1, 0.15) is 11.4 Å². The zero-order chi connectivity index (χ0) is 21.2. The molecule has 2 fully saturated rings. The third-order valence-electron chi connectivity index (χ3n) is 7.14. The maximum absolute atomic E-state index is 15.2. The van der Waals surface area contributed by atoms with E-state index in [4.69, 9.17) is 0 Å². The highest BCUT2D eigenvalue weighted by atomic mass is 19.1. The number of rotatable bonds is 4. The topological polar surface area (TPSA) is 74.6 Å². The summed E-state index contributed by atoms with van der Waals surface area (Å²) in [4.78, 5) is 26.3. The van der Waals surface area contributed by atoms with Gasteiger partial charge >= 0.3 is 5.97 Å². The van der Waals surface area contributed by atoms with Crippen molar-refractivity contribution in [3.05, 3.63) is 51.6 Å². The van der Waals surface area contributed by atoms with Crippen LogP contribution in [-0.4, -0.2) is 41.8 Å². The highest BCUT2D eigenvalue weighted by molar-refractivity contribution is 5.93. The highest BCUT2D eigenvalue weighted by Crippen LogP contribution is 2.41. The SMILES string of the molecule is CNC1CC=C(C)[C@H]2CN(c3cc4c(cc3F)c(=O)c(C(=O)O)cn4C3CC3)C[C@@H]12. The molecule has 1 aromatic heterocycles. The van der Waals surface area contributed by atoms with Crippen LogP contribution < -0.4 is 15.6 Å². The van der Waals surface area contributed by atoms with Crippen LogP contribution in [0.2, 0.25) is 0 Å². The van der Waals surface area contributed by atoms with Gasteiger partial charge in [0, 0.05) is 48.6 Å². The molecule has 158 valence electrons. The Labute approximate surface area is 174 Å². The van der Waals surface area contributed by atoms with E-state index >= 15 is 4.39 Å². The molecule has 1 saturated heterocycles. The number of benzene rings is 1. The fraction of sp³-hybridized carbons (Fsp3) is 0.478. The lowest BCUT2D eigenvalue weighted by Gasteiger charge is -2.31. The highest BCUT2D eigenvalue weighted by Gasteiger charge is 2.41. The van der Waals surface area contributed by atoms with Crippen LogP contribution in [0.4, 0.5) is 10.1 Å². The smallest absolute Gasteiger partial charge is 0.341 e. The van der Waals surface area contributed by atoms with Crippen LogP contribution in [0.5, 0.6) is 0 Å². The van der Waals surface area contributed by atoms with Gasteiger partial charge in [-0.05, 0) is 45.4 Å². The standard InChI is InChI=1S/C23H26FN3O3/c1-12-3-6-19(25-2)16-10-26(9-15(12)16)21-8-20-14(7-18(21)24)22(28)17(23(29)30)11-27(20)13-4-5-13/h3,7-8,11,13,15-16,19,25H,4-6,9-10H2,1-2H3,(H,29,30)/t15-,16-,19?/m1/s1. The number of fused-ring (bicyclic) bond motifs is 2. The lowest BCUT2D eigenvalue weighted by atomic mass is 9.78. The molecular weight excluding hydrogens is 385 g/mol. The van der Waals surface area contributed by atoms with Gasteiger partial charge in [-0.1, -0.05) is 11.6 Å². The molecule has 30 heavy (non-hydrogen) atoms. The molecular formula is C23H26FN3O3. The number of aromatic nitrogens is 1. The van der Waals surface area contributed by atoms with E-state index < -0.39 is 17.2 Å². The van der Waals surface area contributed by atoms with E-state index in [0.29, 0.717) is 29.1 Å². The van der Waals surface area contributed by atoms with Gasteiger partial charge in [-0.25, -0.2) is 9.18 Å². The first-order valence-electron chi connectivity index (χ1n) is 10.6. The number of nitrogens with zero attached hydrogens (tertiary/aromatic N) is 2. The average molecular weight is 411 g/mol. The molecule has 0 spiro atoms. The second kappa shape index (κ2) is 6.94. The van der Waals surface area contributed by atoms with E-state index in [2.05, 4.69) is 23.2 Å². The zero-order valence-corrected chi connectivity index (χ0v) is 17.2. The van der Waals surface area contributed by atoms with Gasteiger partial charge in [0.05, 0.1) is 11.2 Å². The second-order valence-electron chi connectivity index (χ2n) is 8.89. The van der Waals surface area contributed by atoms with Crippen molar-refractivity contribution < 1.29 is 14.3 Å². The fourth-order valence-corrected chi connectivity index (χ4v) is 5.29. The molecule has 1 saturated carbocycles. The lowest BCUT2D eigenvalue weighted by molar-refractivity contribution is 0.0695. The Balaban J connectivity index is 1.61. The molecule has 2 N–H and O–H groups in total. The lowest BCUT2D eigenvalue weighted by Crippen LogP contribution is -2.40. The molecule has 5 rings (SSSR count). The Hall–Kier alpha value is -2.67. The molecule has 3 atom stereocenters. The van der Waals surface area contributed by atoms with Crippen molar-refractivity contribution in [1.82, 2.24) is 9.88 Å². The van der Waals surface area contributed by atoms with Crippen LogP contribution in [0.25, 0.3) is 10.9 Å². The average Bonchev–Trinajstić information content (AvgIpc) is 3.46. The van der Waals surface area contributed by atoms with E-state index in [1.807, 2.05) is 11.6 Å². The molecule has 0 radical (unpaired) electrons. The van der Waals surface area contributed by atoms with Crippen molar-refractivity contribution in [2.45, 2.75) is 38.3 Å². The van der Waals surface area contributed by atoms with E-state index in [-0.39, 0.29) is 17.0 Å². The molecule has 1 aromatic carbocycles. The van der Waals surface area contributed by atoms with Crippen molar-refractivity contribution in [1.29, 1.82) is 0 Å². The largest absolute Gasteiger partial charge is 0.477 e. The van der Waals surface area contributed by atoms with Crippen molar-refractivity contribution in [2.75, 3.05) is 25.0 Å². The van der Waals surface area contributed by atoms with E-state index in [1.54, 1.807) is 6.07 Å². The Morgan fingerprint density at radius 2 is 2.03 bits per heavy atom. The molecule has 3 aliphatic rings. The first-order chi connectivity index (χ1) is 14.4. The number of carboxylic acids is 1. The minimum Gasteiger partial charge on any atom is -0.477 e. The zero-order valence-electron chi connectivity index (χ0n) is 17.2. The summed E-state index contributed by atoms with van der Waals surface area (Å²) in [6.07, 6.45) is 6.56. The van der Waals surface area contributed by atoms with Crippen LogP contribution in [0, 0.1) is 17.7 Å². The van der Waals surface area contributed by atoms with Crippen molar-refractivity contribution in [3.8, 4) is 0 Å². The minimum atomic E-state index is -1.27. The van der Waals surface area contributed by atoms with Crippen molar-refractivity contribution >= 4 is 22.6 Å². The summed E-state index contributed by atoms with van der Waals surface area (Å²) in [5, 5.41) is 13.0. The van der Waals surface area contributed by atoms with E-state index in [1.165, 1.54) is 17.8 Å². The molecule has 2 heterocycles. The number of hydrogen-bond donors (Lipinski definition) is 2. The minimum absolute atomic E-state index is 0.142. The predicted molar refractivity (Wildman–Crippen MR) is 114 cm³/mol. The predicted octanol–water partition coefficient (Wildman–Crippen LogP) is 3.16. The quantitative estimate of drug-likeness (QED) is 0.756. The number of nitrogens with one attached hydrogen (secondary N) is 1. The van der Waals surface area contributed by atoms with Gasteiger partial charge in [0.25, 0.3) is 0 Å². The number of carboxylic acid groups (broad SMARTS) is 1. The van der Waals surface area contributed by atoms with Gasteiger partial charge < -0.3 is 19.9 Å². The molecule has 0 bridgehead atoms. The van der Waals surface area contributed by atoms with Gasteiger partial charge in [0.15, 0.2) is 0 Å². The fourth-order valence-electron chi connectivity index (χ4n) is 5.29. The molecule has 6 nitrogen and oxygen atoms in total. The van der Waals surface area contributed by atoms with Gasteiger partial charge in [-0.2, -0.15) is 0 Å². The van der Waals surface area contributed by atoms with Gasteiger partial charge in [0.2, 0.25) is 5.43 Å². The first kappa shape index (κ1) is 19.3. The van der Waals surface area contributed by atoms with Crippen molar-refractivity contribution in [3.63, 3.8) is 0 Å². The third-order valence-corrected chi connectivity index (χ3v) is 7.14. The van der Waals surface area contributed by atoms with Gasteiger partial charge in [-0.15, -0.1) is 0 Å². The normalized spacial score (nSPS) is 26.0. The summed E-state index contributed by atoms with van der Waals surface area (Å²) < 4.78 is 17.1. The van der Waals surface area contributed by atoms with Crippen LogP contribution >= 0.6 is 0 Å². The molecule has 7 heteroatoms. The third kappa shape index (κ3) is 2.95. The monoisotopic (exact) mass is 411 g/mol. The number of halogens is 1. The van der Waals surface area contributed by atoms with Crippen LogP contribution in [0.15, 0.2) is 34.8 Å². The number of pyridine rings is 1. The molecule has 1 aliphatic heterocycles. The van der Waals surface area contributed by atoms with E-state index in [9.17, 15) is 14.7 Å². The Kier molecular flexibility index (Phi) is 4.47. The van der Waals surface area contributed by atoms with Crippen LogP contribution in [0.3, 0.4) is 0 Å². The summed E-state index contributed by atoms with van der Waals surface area (Å²) in [7, 11) is 1.98. The summed E-state index contributed by atoms with van der Waals surface area (Å²) in [6.45, 7) is 3.65. The molecule has 2 aliphatic carbocycles. The number of carbonyl (C=O) groups is 1. The number of anilines is 1. The number of hydrogen-bond acceptors (Lipinski definition) is 4. The molecule has 1 unspecified atom stereocenters. The van der Waals surface area contributed by atoms with E-state index in [0.717, 1.165) is 32.4 Å². The molecule has 2 aromatic rings. The second-order valence-corrected chi connectivity index (χ2v) is 8.89. The van der Waals surface area contributed by atoms with Gasteiger partial charge in [-0.3, -0.25) is 4.79 Å². The maximum atomic E-state index is 15.2. The summed E-state index contributed by atoms with van der Waals surface area (Å²) in [5.41, 5.74) is 1.55. The summed E-state index contributed by atoms with van der Waals surface area (Å²) >= 11 is 0.